The summed E-state index contributed by atoms with van der Waals surface area (Å²) in [5, 5.41) is 16.0. The van der Waals surface area contributed by atoms with Crippen LogP contribution < -0.4 is 0 Å². The molecule has 12 heavy (non-hydrogen) atoms. The highest BCUT2D eigenvalue weighted by Crippen LogP contribution is 2.14. The first kappa shape index (κ1) is 11.2. The molecule has 0 aliphatic carbocycles. The largest absolute Gasteiger partial charge is 0.394 e. The predicted octanol–water partition coefficient (Wildman–Crippen LogP) is 0.0951. The van der Waals surface area contributed by atoms with E-state index >= 15 is 0 Å². The Balaban J connectivity index is 0.000000156. The third-order valence-electron chi connectivity index (χ3n) is 0.718. The molecule has 0 aromatic carbocycles. The molecule has 0 spiro atoms. The van der Waals surface area contributed by atoms with Gasteiger partial charge in [-0.05, 0) is 6.92 Å². The second-order valence-corrected chi connectivity index (χ2v) is 2.22. The zero-order chi connectivity index (χ0) is 9.56. The van der Waals surface area contributed by atoms with Crippen LogP contribution in [0.5, 0.6) is 0 Å². The van der Waals surface area contributed by atoms with Crippen molar-refractivity contribution in [2.24, 2.45) is 0 Å². The van der Waals surface area contributed by atoms with E-state index < -0.39 is 6.10 Å². The average molecular weight is 178 g/mol. The lowest BCUT2D eigenvalue weighted by molar-refractivity contribution is 0.110. The van der Waals surface area contributed by atoms with Crippen molar-refractivity contribution in [2.45, 2.75) is 13.0 Å². The van der Waals surface area contributed by atoms with Gasteiger partial charge in [-0.15, -0.1) is 0 Å². The van der Waals surface area contributed by atoms with Gasteiger partial charge < -0.3 is 23.8 Å². The van der Waals surface area contributed by atoms with Crippen LogP contribution in [0.25, 0.3) is 0 Å². The summed E-state index contributed by atoms with van der Waals surface area (Å²) in [6.45, 7) is 1.39. The molecule has 2 N–H and O–H groups in total. The van der Waals surface area contributed by atoms with Gasteiger partial charge >= 0.3 is 11.2 Å². The average Bonchev–Trinajstić information content (AvgIpc) is 2.75. The van der Waals surface area contributed by atoms with Crippen LogP contribution in [-0.2, 0) is 4.74 Å². The fourth-order valence-electron chi connectivity index (χ4n) is 0.125. The van der Waals surface area contributed by atoms with Crippen molar-refractivity contribution in [2.75, 3.05) is 20.8 Å². The van der Waals surface area contributed by atoms with Crippen LogP contribution >= 0.6 is 0 Å². The second kappa shape index (κ2) is 5.82. The molecule has 0 fully saturated rings. The Kier molecular flexibility index (Phi) is 5.44. The highest BCUT2D eigenvalue weighted by atomic mass is 16.7. The van der Waals surface area contributed by atoms with Crippen LogP contribution in [0.4, 0.5) is 0 Å². The summed E-state index contributed by atoms with van der Waals surface area (Å²) in [6, 6.07) is 0. The van der Waals surface area contributed by atoms with E-state index in [0.29, 0.717) is 0 Å². The van der Waals surface area contributed by atoms with Gasteiger partial charge in [0.1, 0.15) is 0 Å². The van der Waals surface area contributed by atoms with Crippen molar-refractivity contribution in [3.63, 3.8) is 0 Å². The summed E-state index contributed by atoms with van der Waals surface area (Å²) in [5.74, 6) is 0. The van der Waals surface area contributed by atoms with Crippen LogP contribution in [0.2, 0.25) is 0 Å². The van der Waals surface area contributed by atoms with Crippen molar-refractivity contribution in [1.29, 1.82) is 0 Å². The van der Waals surface area contributed by atoms with Crippen molar-refractivity contribution in [3.8, 4) is 0 Å². The fourth-order valence-corrected chi connectivity index (χ4v) is 0.125. The summed E-state index contributed by atoms with van der Waals surface area (Å²) in [4.78, 5) is 0. The number of hydrogen-bond acceptors (Lipinski definition) is 5. The Morgan fingerprint density at radius 2 is 1.50 bits per heavy atom. The molecule has 0 saturated carbocycles. The van der Waals surface area contributed by atoms with E-state index in [2.05, 4.69) is 13.6 Å². The van der Waals surface area contributed by atoms with Gasteiger partial charge in [-0.1, -0.05) is 0 Å². The van der Waals surface area contributed by atoms with Gasteiger partial charge in [-0.3, -0.25) is 0 Å². The number of hydrogen-bond donors (Lipinski definition) is 2. The Morgan fingerprint density at radius 1 is 1.33 bits per heavy atom. The molecule has 5 heteroatoms. The summed E-state index contributed by atoms with van der Waals surface area (Å²) >= 11 is 0. The molecule has 72 valence electrons. The van der Waals surface area contributed by atoms with Gasteiger partial charge in [0.2, 0.25) is 0 Å². The summed E-state index contributed by atoms with van der Waals surface area (Å²) < 4.78 is 13.1. The van der Waals surface area contributed by atoms with Gasteiger partial charge in [-0.25, -0.2) is 0 Å². The topological polar surface area (TPSA) is 76.0 Å². The lowest BCUT2D eigenvalue weighted by Crippen LogP contribution is -2.03. The van der Waals surface area contributed by atoms with Crippen molar-refractivity contribution >= 4 is 0 Å². The molecule has 2 aliphatic rings. The van der Waals surface area contributed by atoms with Gasteiger partial charge in [0.05, 0.1) is 12.7 Å². The maximum Gasteiger partial charge on any atom is 0.381 e. The maximum absolute atomic E-state index is 8.11. The summed E-state index contributed by atoms with van der Waals surface area (Å²) in [6.07, 6.45) is -0.560. The molecule has 0 aromatic heterocycles. The molecule has 2 heterocycles. The molecule has 1 unspecified atom stereocenters. The highest BCUT2D eigenvalue weighted by Gasteiger charge is 2.14. The number of rotatable bonds is 1. The van der Waals surface area contributed by atoms with Crippen molar-refractivity contribution in [1.82, 2.24) is 0 Å². The zero-order valence-electron chi connectivity index (χ0n) is 7.40. The van der Waals surface area contributed by atoms with Gasteiger partial charge in [0, 0.05) is 14.2 Å². The van der Waals surface area contributed by atoms with Crippen LogP contribution in [0, 0.1) is 11.2 Å². The molecule has 0 saturated heterocycles. The summed E-state index contributed by atoms with van der Waals surface area (Å²) in [5.41, 5.74) is 1.50. The molecule has 0 aromatic rings. The molecular weight excluding hydrogens is 164 g/mol. The van der Waals surface area contributed by atoms with E-state index in [-0.39, 0.29) is 6.61 Å². The second-order valence-electron chi connectivity index (χ2n) is 2.22. The van der Waals surface area contributed by atoms with Crippen molar-refractivity contribution in [3.05, 3.63) is 11.2 Å². The van der Waals surface area contributed by atoms with Crippen LogP contribution in [0.3, 0.4) is 0 Å². The first-order valence-corrected chi connectivity index (χ1v) is 3.44. The van der Waals surface area contributed by atoms with Gasteiger partial charge in [0.25, 0.3) is 0 Å². The Morgan fingerprint density at radius 3 is 1.50 bits per heavy atom. The monoisotopic (exact) mass is 178 g/mol. The number of ether oxygens (including phenoxy) is 1. The Labute approximate surface area is 69.9 Å². The summed E-state index contributed by atoms with van der Waals surface area (Å²) in [7, 11) is 3.25. The molecule has 2 aliphatic heterocycles. The first-order chi connectivity index (χ1) is 5.65. The quantitative estimate of drug-likeness (QED) is 0.647. The smallest absolute Gasteiger partial charge is 0.381 e. The van der Waals surface area contributed by atoms with E-state index in [1.165, 1.54) is 6.92 Å². The SMILES string of the molecule is CC(O)CO.COC.o1c2oc1=2. The molecule has 0 bridgehead atoms. The standard InChI is InChI=1S/C3H8O2.C2O2.C2H6O/c1-3(5)2-4;3-1-2(3)4-1;1-3-2/h3-5H,2H2,1H3;;1-2H3. The van der Waals surface area contributed by atoms with E-state index in [9.17, 15) is 0 Å². The van der Waals surface area contributed by atoms with E-state index in [1.54, 1.807) is 14.2 Å². The van der Waals surface area contributed by atoms with Crippen LogP contribution in [-0.4, -0.2) is 37.1 Å². The third-order valence-corrected chi connectivity index (χ3v) is 0.718. The lowest BCUT2D eigenvalue weighted by atomic mass is 10.5. The number of methoxy groups -OCH3 is 1. The van der Waals surface area contributed by atoms with E-state index in [1.807, 2.05) is 0 Å². The fraction of sp³-hybridized carbons (Fsp3) is 0.714. The van der Waals surface area contributed by atoms with Gasteiger partial charge in [-0.2, -0.15) is 0 Å². The molecule has 2 rings (SSSR count). The minimum atomic E-state index is -0.560. The minimum Gasteiger partial charge on any atom is -0.394 e. The van der Waals surface area contributed by atoms with E-state index in [0.717, 1.165) is 11.2 Å². The molecule has 5 nitrogen and oxygen atoms in total. The zero-order valence-corrected chi connectivity index (χ0v) is 7.40. The van der Waals surface area contributed by atoms with E-state index in [4.69, 9.17) is 10.2 Å². The molecular formula is C7H14O5. The van der Waals surface area contributed by atoms with Gasteiger partial charge in [0.15, 0.2) is 0 Å². The Bertz CT molecular complexity index is 222. The highest BCUT2D eigenvalue weighted by molar-refractivity contribution is 4.69. The molecule has 0 amide bonds. The third kappa shape index (κ3) is 7.33. The maximum atomic E-state index is 8.11. The van der Waals surface area contributed by atoms with Crippen LogP contribution in [0.1, 0.15) is 6.92 Å². The normalized spacial score (nSPS) is 12.1. The number of aliphatic hydroxyl groups excluding tert-OH is 2. The molecule has 1 atom stereocenters. The predicted molar refractivity (Wildman–Crippen MR) is 40.3 cm³/mol. The van der Waals surface area contributed by atoms with Crippen molar-refractivity contribution < 1.29 is 23.8 Å². The minimum absolute atomic E-state index is 0.139. The van der Waals surface area contributed by atoms with Crippen LogP contribution in [0.15, 0.2) is 8.83 Å². The number of aliphatic hydroxyl groups is 2. The molecule has 0 radical (unpaired) electrons. The lowest BCUT2D eigenvalue weighted by Gasteiger charge is -1.90. The first-order valence-electron chi connectivity index (χ1n) is 3.44. The Hall–Kier alpha value is -0.780.